The number of nitrogens with zero attached hydrogens (tertiary/aromatic N) is 5. The molecule has 0 aromatic carbocycles. The van der Waals surface area contributed by atoms with Gasteiger partial charge in [-0.3, -0.25) is 4.99 Å². The van der Waals surface area contributed by atoms with E-state index in [0.717, 1.165) is 28.9 Å². The molecule has 2 aromatic rings. The zero-order chi connectivity index (χ0) is 31.6. The summed E-state index contributed by atoms with van der Waals surface area (Å²) in [5, 5.41) is 3.11. The van der Waals surface area contributed by atoms with Gasteiger partial charge in [-0.15, -0.1) is 11.6 Å². The van der Waals surface area contributed by atoms with Crippen LogP contribution in [0.5, 0.6) is 5.75 Å². The van der Waals surface area contributed by atoms with E-state index in [2.05, 4.69) is 58.0 Å². The molecule has 1 unspecified atom stereocenters. The Morgan fingerprint density at radius 3 is 2.27 bits per heavy atom. The first-order valence-electron chi connectivity index (χ1n) is 13.9. The number of methoxy groups -OCH3 is 1. The van der Waals surface area contributed by atoms with Crippen molar-refractivity contribution >= 4 is 28.9 Å². The highest BCUT2D eigenvalue weighted by Crippen LogP contribution is 2.33. The van der Waals surface area contributed by atoms with Crippen molar-refractivity contribution < 1.29 is 17.9 Å². The van der Waals surface area contributed by atoms with Gasteiger partial charge < -0.3 is 19.9 Å². The number of hydrogen-bond donors (Lipinski definition) is 1. The molecule has 7 nitrogen and oxygen atoms in total. The summed E-state index contributed by atoms with van der Waals surface area (Å²) in [4.78, 5) is 16.7. The zero-order valence-corrected chi connectivity index (χ0v) is 27.0. The number of rotatable bonds is 6. The molecule has 0 aliphatic carbocycles. The Balaban J connectivity index is 0.00000125. The van der Waals surface area contributed by atoms with Crippen LogP contribution in [0.2, 0.25) is 0 Å². The van der Waals surface area contributed by atoms with Gasteiger partial charge in [0.1, 0.15) is 11.5 Å². The van der Waals surface area contributed by atoms with E-state index in [1.807, 2.05) is 39.8 Å². The molecule has 2 aromatic heterocycles. The number of halogens is 4. The van der Waals surface area contributed by atoms with E-state index in [1.165, 1.54) is 25.2 Å². The highest BCUT2D eigenvalue weighted by Gasteiger charge is 2.32. The Hall–Kier alpha value is -2.85. The summed E-state index contributed by atoms with van der Waals surface area (Å²) in [5.74, 6) is 2.83. The summed E-state index contributed by atoms with van der Waals surface area (Å²) in [5.41, 5.74) is 1.64. The number of amidine groups is 1. The van der Waals surface area contributed by atoms with Crippen LogP contribution in [-0.4, -0.2) is 74.0 Å². The van der Waals surface area contributed by atoms with Crippen molar-refractivity contribution in [3.05, 3.63) is 53.5 Å². The van der Waals surface area contributed by atoms with Gasteiger partial charge in [0.15, 0.2) is 11.6 Å². The summed E-state index contributed by atoms with van der Waals surface area (Å²) >= 11 is 5.00. The average Bonchev–Trinajstić information content (AvgIpc) is 2.94. The van der Waals surface area contributed by atoms with Crippen LogP contribution in [0.3, 0.4) is 0 Å². The minimum Gasteiger partial charge on any atom is -0.493 e. The van der Waals surface area contributed by atoms with E-state index in [-0.39, 0.29) is 6.04 Å². The second-order valence-electron chi connectivity index (χ2n) is 9.17. The Bertz CT molecular complexity index is 1060. The lowest BCUT2D eigenvalue weighted by molar-refractivity contribution is -0.141. The fourth-order valence-corrected chi connectivity index (χ4v) is 3.91. The van der Waals surface area contributed by atoms with Gasteiger partial charge in [0, 0.05) is 31.7 Å². The van der Waals surface area contributed by atoms with Gasteiger partial charge in [0.2, 0.25) is 0 Å². The first-order chi connectivity index (χ1) is 19.4. The largest absolute Gasteiger partial charge is 0.493 e. The Morgan fingerprint density at radius 1 is 1.20 bits per heavy atom. The zero-order valence-electron chi connectivity index (χ0n) is 26.2. The number of anilines is 2. The molecule has 1 aliphatic heterocycles. The van der Waals surface area contributed by atoms with Crippen molar-refractivity contribution in [1.82, 2.24) is 14.9 Å². The van der Waals surface area contributed by atoms with Gasteiger partial charge in [-0.25, -0.2) is 9.97 Å². The van der Waals surface area contributed by atoms with Crippen molar-refractivity contribution in [2.75, 3.05) is 57.4 Å². The standard InChI is InChI=1S/C21H24F3N5O.C5H13N.C2H5Cl.C2H6/c1-13-12-29(20-17(30-4)6-5-9-26-20)14(2)10-16(13)19(25-3)28-15-7-8-18(27-11-15)21(22,23)24;1-4-5-6(2)3;1-2-3;1-2/h5-9,11,14H,10,12H2,1-4H3,(H,25,28);4-5H2,1-3H3;2H2,1H3;1-2H3. The van der Waals surface area contributed by atoms with Gasteiger partial charge in [-0.2, -0.15) is 13.2 Å². The maximum Gasteiger partial charge on any atom is 0.433 e. The first kappa shape index (κ1) is 38.1. The SMILES string of the molecule is CC.CCCN(C)C.CCCl.CN=C(Nc1ccc(C(F)(F)F)nc1)C1=C(C)CN(c2ncccc2OC)C(C)C1. The molecule has 0 saturated carbocycles. The molecule has 0 amide bonds. The van der Waals surface area contributed by atoms with Crippen molar-refractivity contribution in [2.24, 2.45) is 4.99 Å². The van der Waals surface area contributed by atoms with Crippen LogP contribution in [-0.2, 0) is 6.18 Å². The number of nitrogens with one attached hydrogen (secondary N) is 1. The minimum atomic E-state index is -4.46. The molecule has 1 aliphatic rings. The van der Waals surface area contributed by atoms with Gasteiger partial charge in [-0.1, -0.05) is 27.7 Å². The van der Waals surface area contributed by atoms with E-state index >= 15 is 0 Å². The second-order valence-corrected chi connectivity index (χ2v) is 9.70. The van der Waals surface area contributed by atoms with Crippen LogP contribution in [0.15, 0.2) is 52.8 Å². The lowest BCUT2D eigenvalue weighted by Crippen LogP contribution is -2.41. The highest BCUT2D eigenvalue weighted by atomic mass is 35.5. The molecule has 232 valence electrons. The van der Waals surface area contributed by atoms with Gasteiger partial charge >= 0.3 is 6.18 Å². The number of aromatic nitrogens is 2. The average molecular weight is 601 g/mol. The molecule has 0 spiro atoms. The molecule has 0 radical (unpaired) electrons. The quantitative estimate of drug-likeness (QED) is 0.207. The Labute approximate surface area is 249 Å². The van der Waals surface area contributed by atoms with Crippen molar-refractivity contribution in [3.8, 4) is 5.75 Å². The van der Waals surface area contributed by atoms with Crippen LogP contribution < -0.4 is 15.0 Å². The van der Waals surface area contributed by atoms with Gasteiger partial charge in [0.05, 0.1) is 19.0 Å². The summed E-state index contributed by atoms with van der Waals surface area (Å²) in [6, 6.07) is 6.14. The monoisotopic (exact) mass is 600 g/mol. The van der Waals surface area contributed by atoms with Crippen molar-refractivity contribution in [3.63, 3.8) is 0 Å². The summed E-state index contributed by atoms with van der Waals surface area (Å²) < 4.78 is 43.6. The van der Waals surface area contributed by atoms with Crippen LogP contribution >= 0.6 is 11.6 Å². The van der Waals surface area contributed by atoms with Crippen LogP contribution in [0, 0.1) is 0 Å². The van der Waals surface area contributed by atoms with E-state index in [1.54, 1.807) is 20.4 Å². The normalized spacial score (nSPS) is 15.1. The summed E-state index contributed by atoms with van der Waals surface area (Å²) in [6.45, 7) is 14.0. The fraction of sp³-hybridized carbons (Fsp3) is 0.567. The number of hydrogen-bond acceptors (Lipinski definition) is 6. The first-order valence-corrected chi connectivity index (χ1v) is 14.4. The van der Waals surface area contributed by atoms with Crippen molar-refractivity contribution in [1.29, 1.82) is 0 Å². The van der Waals surface area contributed by atoms with E-state index < -0.39 is 11.9 Å². The maximum atomic E-state index is 12.7. The third kappa shape index (κ3) is 13.1. The Morgan fingerprint density at radius 2 is 1.83 bits per heavy atom. The predicted molar refractivity (Wildman–Crippen MR) is 168 cm³/mol. The smallest absolute Gasteiger partial charge is 0.433 e. The molecule has 0 saturated heterocycles. The van der Waals surface area contributed by atoms with Crippen LogP contribution in [0.4, 0.5) is 24.7 Å². The van der Waals surface area contributed by atoms with Crippen molar-refractivity contribution in [2.45, 2.75) is 66.6 Å². The number of pyridine rings is 2. The molecule has 1 N–H and O–H groups in total. The molecule has 3 rings (SSSR count). The van der Waals surface area contributed by atoms with E-state index in [0.29, 0.717) is 30.2 Å². The van der Waals surface area contributed by atoms with Gasteiger partial charge in [0.25, 0.3) is 0 Å². The predicted octanol–water partition coefficient (Wildman–Crippen LogP) is 7.79. The molecular weight excluding hydrogens is 553 g/mol. The molecule has 0 fully saturated rings. The van der Waals surface area contributed by atoms with E-state index in [4.69, 9.17) is 16.3 Å². The lowest BCUT2D eigenvalue weighted by atomic mass is 9.94. The Kier molecular flexibility index (Phi) is 18.7. The van der Waals surface area contributed by atoms with E-state index in [9.17, 15) is 13.2 Å². The van der Waals surface area contributed by atoms with Gasteiger partial charge in [-0.05, 0) is 82.7 Å². The molecular formula is C30H48ClF3N6O. The number of aliphatic imine (C=N–C) groups is 1. The highest BCUT2D eigenvalue weighted by molar-refractivity contribution is 6.17. The topological polar surface area (TPSA) is 65.9 Å². The van der Waals surface area contributed by atoms with Crippen LogP contribution in [0.25, 0.3) is 0 Å². The summed E-state index contributed by atoms with van der Waals surface area (Å²) in [7, 11) is 7.44. The maximum absolute atomic E-state index is 12.7. The second kappa shape index (κ2) is 20.1. The molecule has 41 heavy (non-hydrogen) atoms. The number of ether oxygens (including phenoxy) is 1. The molecule has 1 atom stereocenters. The third-order valence-electron chi connectivity index (χ3n) is 5.69. The third-order valence-corrected chi connectivity index (χ3v) is 5.69. The summed E-state index contributed by atoms with van der Waals surface area (Å²) in [6.07, 6.45) is 0.388. The lowest BCUT2D eigenvalue weighted by Gasteiger charge is -2.37. The number of alkyl halides is 4. The fourth-order valence-electron chi connectivity index (χ4n) is 3.91. The molecule has 3 heterocycles. The minimum absolute atomic E-state index is 0.122. The molecule has 0 bridgehead atoms. The molecule has 11 heteroatoms. The van der Waals surface area contributed by atoms with Crippen LogP contribution in [0.1, 0.15) is 60.1 Å².